The molecule has 0 aromatic heterocycles. The van der Waals surface area contributed by atoms with Gasteiger partial charge >= 0.3 is 0 Å². The lowest BCUT2D eigenvalue weighted by molar-refractivity contribution is 0.386. The summed E-state index contributed by atoms with van der Waals surface area (Å²) in [6.07, 6.45) is 0. The molecule has 0 fully saturated rings. The van der Waals surface area contributed by atoms with Crippen molar-refractivity contribution in [3.05, 3.63) is 55.4 Å². The smallest absolute Gasteiger partial charge is 0.141 e. The van der Waals surface area contributed by atoms with Crippen LogP contribution in [0.1, 0.15) is 16.0 Å². The average molecular weight is 499 g/mol. The maximum atomic E-state index is 6.12. The van der Waals surface area contributed by atoms with Gasteiger partial charge in [0.05, 0.1) is 19.0 Å². The summed E-state index contributed by atoms with van der Waals surface area (Å²) in [5, 5.41) is 0.676. The first-order valence-corrected chi connectivity index (χ1v) is 8.86. The second-order valence-corrected chi connectivity index (χ2v) is 7.33. The predicted molar refractivity (Wildman–Crippen MR) is 97.2 cm³/mol. The van der Waals surface area contributed by atoms with E-state index in [0.717, 1.165) is 31.6 Å². The second kappa shape index (κ2) is 7.36. The first-order chi connectivity index (χ1) is 9.97. The normalized spacial score (nSPS) is 12.1. The fraction of sp³-hybridized carbons (Fsp3) is 0.200. The van der Waals surface area contributed by atoms with Crippen molar-refractivity contribution < 1.29 is 9.47 Å². The molecule has 0 saturated heterocycles. The van der Waals surface area contributed by atoms with Crippen LogP contribution in [0.15, 0.2) is 39.3 Å². The summed E-state index contributed by atoms with van der Waals surface area (Å²) in [4.78, 5) is -0.0512. The van der Waals surface area contributed by atoms with Crippen LogP contribution in [0.5, 0.6) is 11.5 Å². The Morgan fingerprint density at radius 3 is 2.33 bits per heavy atom. The largest absolute Gasteiger partial charge is 0.495 e. The van der Waals surface area contributed by atoms with Crippen LogP contribution >= 0.6 is 59.4 Å². The van der Waals surface area contributed by atoms with Crippen molar-refractivity contribution in [1.29, 1.82) is 0 Å². The van der Waals surface area contributed by atoms with Crippen molar-refractivity contribution in [2.75, 3.05) is 14.2 Å². The zero-order chi connectivity index (χ0) is 15.6. The topological polar surface area (TPSA) is 18.5 Å². The minimum Gasteiger partial charge on any atom is -0.495 e. The van der Waals surface area contributed by atoms with Crippen molar-refractivity contribution in [2.45, 2.75) is 4.83 Å². The van der Waals surface area contributed by atoms with Gasteiger partial charge in [0, 0.05) is 15.1 Å². The van der Waals surface area contributed by atoms with Gasteiger partial charge in [-0.15, -0.1) is 0 Å². The van der Waals surface area contributed by atoms with Crippen LogP contribution in [0, 0.1) is 0 Å². The van der Waals surface area contributed by atoms with Crippen LogP contribution in [0.4, 0.5) is 0 Å². The molecule has 0 aliphatic carbocycles. The molecule has 2 aromatic rings. The van der Waals surface area contributed by atoms with E-state index in [1.54, 1.807) is 14.2 Å². The third-order valence-electron chi connectivity index (χ3n) is 2.97. The molecule has 2 aromatic carbocycles. The lowest BCUT2D eigenvalue weighted by Crippen LogP contribution is -1.99. The van der Waals surface area contributed by atoms with E-state index in [1.165, 1.54) is 0 Å². The molecule has 0 N–H and O–H groups in total. The summed E-state index contributed by atoms with van der Waals surface area (Å²) in [5.41, 5.74) is 2.02. The van der Waals surface area contributed by atoms with Gasteiger partial charge in [0.2, 0.25) is 0 Å². The highest BCUT2D eigenvalue weighted by Gasteiger charge is 2.20. The van der Waals surface area contributed by atoms with Crippen molar-refractivity contribution in [3.8, 4) is 11.5 Å². The molecule has 1 unspecified atom stereocenters. The quantitative estimate of drug-likeness (QED) is 0.456. The van der Waals surface area contributed by atoms with Gasteiger partial charge in [0.1, 0.15) is 16.0 Å². The number of halogens is 4. The zero-order valence-corrected chi connectivity index (χ0v) is 16.8. The van der Waals surface area contributed by atoms with E-state index in [-0.39, 0.29) is 4.83 Å². The van der Waals surface area contributed by atoms with Crippen LogP contribution in [0.2, 0.25) is 5.02 Å². The molecule has 0 spiro atoms. The van der Waals surface area contributed by atoms with Gasteiger partial charge < -0.3 is 9.47 Å². The summed E-state index contributed by atoms with van der Waals surface area (Å²) in [6.45, 7) is 0. The number of alkyl halides is 1. The summed E-state index contributed by atoms with van der Waals surface area (Å²) >= 11 is 16.8. The fourth-order valence-corrected chi connectivity index (χ4v) is 4.21. The average Bonchev–Trinajstić information content (AvgIpc) is 2.45. The predicted octanol–water partition coefficient (Wildman–Crippen LogP) is 6.37. The van der Waals surface area contributed by atoms with Crippen molar-refractivity contribution in [2.24, 2.45) is 0 Å². The lowest BCUT2D eigenvalue weighted by atomic mass is 10.0. The maximum Gasteiger partial charge on any atom is 0.141 e. The van der Waals surface area contributed by atoms with E-state index in [4.69, 9.17) is 21.1 Å². The Bertz CT molecular complexity index is 641. The van der Waals surface area contributed by atoms with Crippen LogP contribution in [-0.4, -0.2) is 14.2 Å². The van der Waals surface area contributed by atoms with Crippen LogP contribution in [0.25, 0.3) is 0 Å². The second-order valence-electron chi connectivity index (χ2n) is 4.27. The molecule has 0 saturated carbocycles. The number of rotatable bonds is 4. The van der Waals surface area contributed by atoms with E-state index in [9.17, 15) is 0 Å². The van der Waals surface area contributed by atoms with Gasteiger partial charge in [0.15, 0.2) is 0 Å². The Hall–Kier alpha value is -0.230. The van der Waals surface area contributed by atoms with Gasteiger partial charge in [-0.2, -0.15) is 0 Å². The Morgan fingerprint density at radius 1 is 1.05 bits per heavy atom. The fourth-order valence-electron chi connectivity index (χ4n) is 2.02. The number of benzene rings is 2. The molecule has 21 heavy (non-hydrogen) atoms. The third kappa shape index (κ3) is 3.76. The van der Waals surface area contributed by atoms with Crippen molar-refractivity contribution in [3.63, 3.8) is 0 Å². The number of ether oxygens (including phenoxy) is 2. The molecule has 112 valence electrons. The maximum absolute atomic E-state index is 6.12. The van der Waals surface area contributed by atoms with Gasteiger partial charge in [-0.3, -0.25) is 0 Å². The first-order valence-electron chi connectivity index (χ1n) is 5.98. The van der Waals surface area contributed by atoms with Crippen molar-refractivity contribution >= 4 is 59.4 Å². The highest BCUT2D eigenvalue weighted by atomic mass is 79.9. The SMILES string of the molecule is COc1ccc(C(Br)c2cc(Cl)cc(Br)c2)c(OC)c1Br. The minimum absolute atomic E-state index is 0.0512. The van der Waals surface area contributed by atoms with Gasteiger partial charge in [-0.05, 0) is 45.8 Å². The third-order valence-corrected chi connectivity index (χ3v) is 5.42. The summed E-state index contributed by atoms with van der Waals surface area (Å²) in [6, 6.07) is 9.66. The summed E-state index contributed by atoms with van der Waals surface area (Å²) < 4.78 is 12.5. The highest BCUT2D eigenvalue weighted by molar-refractivity contribution is 9.11. The van der Waals surface area contributed by atoms with Gasteiger partial charge in [-0.25, -0.2) is 0 Å². The molecule has 0 aliphatic heterocycles. The standard InChI is InChI=1S/C15H12Br3ClO2/c1-20-12-4-3-11(15(21-2)14(12)18)13(17)8-5-9(16)7-10(19)6-8/h3-7,13H,1-2H3. The molecule has 0 amide bonds. The number of hydrogen-bond acceptors (Lipinski definition) is 2. The first kappa shape index (κ1) is 17.1. The van der Waals surface area contributed by atoms with E-state index in [0.29, 0.717) is 5.02 Å². The van der Waals surface area contributed by atoms with E-state index in [2.05, 4.69) is 47.8 Å². The van der Waals surface area contributed by atoms with E-state index >= 15 is 0 Å². The van der Waals surface area contributed by atoms with Crippen LogP contribution in [0.3, 0.4) is 0 Å². The molecule has 0 bridgehead atoms. The molecule has 6 heteroatoms. The van der Waals surface area contributed by atoms with Crippen molar-refractivity contribution in [1.82, 2.24) is 0 Å². The molecule has 0 radical (unpaired) electrons. The summed E-state index contributed by atoms with van der Waals surface area (Å²) in [5.74, 6) is 1.45. The van der Waals surface area contributed by atoms with E-state index in [1.807, 2.05) is 30.3 Å². The summed E-state index contributed by atoms with van der Waals surface area (Å²) in [7, 11) is 3.26. The molecule has 0 aliphatic rings. The molecule has 2 rings (SSSR count). The minimum atomic E-state index is -0.0512. The zero-order valence-electron chi connectivity index (χ0n) is 11.3. The van der Waals surface area contributed by atoms with E-state index < -0.39 is 0 Å². The monoisotopic (exact) mass is 496 g/mol. The molecule has 2 nitrogen and oxygen atoms in total. The van der Waals surface area contributed by atoms with Gasteiger partial charge in [0.25, 0.3) is 0 Å². The lowest BCUT2D eigenvalue weighted by Gasteiger charge is -2.18. The molecular weight excluding hydrogens is 487 g/mol. The van der Waals surface area contributed by atoms with Crippen LogP contribution in [-0.2, 0) is 0 Å². The van der Waals surface area contributed by atoms with Crippen LogP contribution < -0.4 is 9.47 Å². The molecule has 1 atom stereocenters. The Balaban J connectivity index is 2.52. The molecular formula is C15H12Br3ClO2. The number of methoxy groups -OCH3 is 2. The Kier molecular flexibility index (Phi) is 6.00. The number of hydrogen-bond donors (Lipinski definition) is 0. The Labute approximate surface area is 154 Å². The Morgan fingerprint density at radius 2 is 1.76 bits per heavy atom. The molecule has 0 heterocycles. The van der Waals surface area contributed by atoms with Gasteiger partial charge in [-0.1, -0.05) is 49.5 Å². The highest BCUT2D eigenvalue weighted by Crippen LogP contribution is 2.44.